The largest absolute Gasteiger partial charge is 0.488 e. The molecule has 1 aliphatic carbocycles. The van der Waals surface area contributed by atoms with E-state index in [0.29, 0.717) is 12.4 Å². The highest BCUT2D eigenvalue weighted by atomic mass is 16.5. The van der Waals surface area contributed by atoms with E-state index in [1.165, 1.54) is 4.90 Å². The van der Waals surface area contributed by atoms with Crippen molar-refractivity contribution in [2.75, 3.05) is 0 Å². The Morgan fingerprint density at radius 3 is 2.32 bits per heavy atom. The number of carbonyl (C=O) groups is 2. The molecule has 1 saturated carbocycles. The molecule has 0 saturated heterocycles. The molecule has 198 valence electrons. The van der Waals surface area contributed by atoms with Gasteiger partial charge in [-0.1, -0.05) is 85.6 Å². The highest BCUT2D eigenvalue weighted by Gasteiger charge is 2.42. The molecule has 1 heterocycles. The maximum absolute atomic E-state index is 14.1. The number of carbonyl (C=O) groups excluding carboxylic acids is 1. The first-order valence-electron chi connectivity index (χ1n) is 13.4. The van der Waals surface area contributed by atoms with Gasteiger partial charge in [-0.05, 0) is 48.9 Å². The minimum Gasteiger partial charge on any atom is -0.488 e. The molecule has 2 unspecified atom stereocenters. The second kappa shape index (κ2) is 11.0. The van der Waals surface area contributed by atoms with E-state index >= 15 is 0 Å². The lowest BCUT2D eigenvalue weighted by atomic mass is 9.90. The van der Waals surface area contributed by atoms with E-state index in [0.717, 1.165) is 53.5 Å². The van der Waals surface area contributed by atoms with Gasteiger partial charge in [-0.15, -0.1) is 0 Å². The molecule has 0 spiro atoms. The Kier molecular flexibility index (Phi) is 7.52. The first kappa shape index (κ1) is 26.0. The highest BCUT2D eigenvalue weighted by Crippen LogP contribution is 2.40. The van der Waals surface area contributed by atoms with Crippen molar-refractivity contribution < 1.29 is 24.2 Å². The van der Waals surface area contributed by atoms with Crippen LogP contribution < -0.4 is 4.74 Å². The first-order valence-corrected chi connectivity index (χ1v) is 13.4. The highest BCUT2D eigenvalue weighted by molar-refractivity contribution is 5.88. The Morgan fingerprint density at radius 2 is 1.66 bits per heavy atom. The summed E-state index contributed by atoms with van der Waals surface area (Å²) < 4.78 is 12.8. The van der Waals surface area contributed by atoms with E-state index in [1.54, 1.807) is 0 Å². The topological polar surface area (TPSA) is 76.1 Å². The minimum absolute atomic E-state index is 0.182. The van der Waals surface area contributed by atoms with Gasteiger partial charge in [0.25, 0.3) is 5.91 Å². The fourth-order valence-corrected chi connectivity index (χ4v) is 5.70. The van der Waals surface area contributed by atoms with E-state index in [-0.39, 0.29) is 18.9 Å². The normalized spacial score (nSPS) is 19.0. The summed E-state index contributed by atoms with van der Waals surface area (Å²) >= 11 is 0. The van der Waals surface area contributed by atoms with E-state index in [2.05, 4.69) is 6.92 Å². The third-order valence-corrected chi connectivity index (χ3v) is 7.85. The Hall–Kier alpha value is -3.64. The van der Waals surface area contributed by atoms with Gasteiger partial charge < -0.3 is 19.5 Å². The number of hydrogen-bond donors (Lipinski definition) is 1. The lowest BCUT2D eigenvalue weighted by molar-refractivity contribution is -0.166. The lowest BCUT2D eigenvalue weighted by Crippen LogP contribution is -2.51. The number of aryl methyl sites for hydroxylation is 1. The molecule has 2 aliphatic rings. The molecule has 1 fully saturated rings. The van der Waals surface area contributed by atoms with Crippen molar-refractivity contribution in [3.8, 4) is 5.75 Å². The van der Waals surface area contributed by atoms with Crippen LogP contribution in [0.4, 0.5) is 0 Å². The van der Waals surface area contributed by atoms with Gasteiger partial charge in [-0.2, -0.15) is 0 Å². The summed E-state index contributed by atoms with van der Waals surface area (Å²) in [5, 5.41) is 10.3. The maximum Gasteiger partial charge on any atom is 0.326 e. The number of benzene rings is 3. The quantitative estimate of drug-likeness (QED) is 0.400. The van der Waals surface area contributed by atoms with Gasteiger partial charge >= 0.3 is 5.97 Å². The molecule has 1 aliphatic heterocycles. The van der Waals surface area contributed by atoms with Crippen LogP contribution in [-0.4, -0.2) is 33.5 Å². The average Bonchev–Trinajstić information content (AvgIpc) is 3.37. The Balaban J connectivity index is 1.46. The van der Waals surface area contributed by atoms with Crippen LogP contribution >= 0.6 is 0 Å². The van der Waals surface area contributed by atoms with Crippen LogP contribution in [0.5, 0.6) is 5.75 Å². The molecule has 0 radical (unpaired) electrons. The van der Waals surface area contributed by atoms with Gasteiger partial charge in [0.15, 0.2) is 6.10 Å². The molecule has 0 bridgehead atoms. The Morgan fingerprint density at radius 1 is 1.00 bits per heavy atom. The number of rotatable bonds is 8. The summed E-state index contributed by atoms with van der Waals surface area (Å²) in [6.45, 7) is 4.61. The third kappa shape index (κ3) is 5.46. The number of carboxylic acids is 1. The van der Waals surface area contributed by atoms with Crippen LogP contribution in [0.1, 0.15) is 66.5 Å². The second-order valence-electron chi connectivity index (χ2n) is 10.7. The summed E-state index contributed by atoms with van der Waals surface area (Å²) in [5.41, 5.74) is 4.09. The van der Waals surface area contributed by atoms with E-state index in [9.17, 15) is 14.7 Å². The van der Waals surface area contributed by atoms with Gasteiger partial charge in [0.1, 0.15) is 18.4 Å². The molecular formula is C32H35NO5. The first-order chi connectivity index (χ1) is 18.3. The Bertz CT molecular complexity index is 1280. The molecule has 2 atom stereocenters. The fourth-order valence-electron chi connectivity index (χ4n) is 5.70. The zero-order valence-electron chi connectivity index (χ0n) is 22.1. The minimum atomic E-state index is -1.03. The second-order valence-corrected chi connectivity index (χ2v) is 10.7. The fraction of sp³-hybridized carbons (Fsp3) is 0.375. The summed E-state index contributed by atoms with van der Waals surface area (Å²) in [7, 11) is 0. The Labute approximate surface area is 224 Å². The van der Waals surface area contributed by atoms with Gasteiger partial charge in [0.2, 0.25) is 0 Å². The molecule has 1 amide bonds. The maximum atomic E-state index is 14.1. The molecule has 1 N–H and O–H groups in total. The smallest absolute Gasteiger partial charge is 0.326 e. The molecule has 3 aromatic rings. The van der Waals surface area contributed by atoms with Crippen molar-refractivity contribution in [1.82, 2.24) is 4.90 Å². The van der Waals surface area contributed by atoms with Crippen molar-refractivity contribution in [2.24, 2.45) is 0 Å². The van der Waals surface area contributed by atoms with Gasteiger partial charge in [-0.25, -0.2) is 4.79 Å². The van der Waals surface area contributed by atoms with Crippen LogP contribution in [0.25, 0.3) is 0 Å². The summed E-state index contributed by atoms with van der Waals surface area (Å²) in [5.74, 6) is -0.632. The van der Waals surface area contributed by atoms with E-state index in [4.69, 9.17) is 9.47 Å². The predicted octanol–water partition coefficient (Wildman–Crippen LogP) is 6.00. The molecule has 0 aromatic heterocycles. The molecule has 3 aromatic carbocycles. The van der Waals surface area contributed by atoms with Gasteiger partial charge in [0, 0.05) is 18.5 Å². The van der Waals surface area contributed by atoms with Gasteiger partial charge in [-0.3, -0.25) is 4.79 Å². The van der Waals surface area contributed by atoms with Crippen molar-refractivity contribution in [3.63, 3.8) is 0 Å². The van der Waals surface area contributed by atoms with Crippen LogP contribution in [0.3, 0.4) is 0 Å². The van der Waals surface area contributed by atoms with Crippen molar-refractivity contribution in [1.29, 1.82) is 0 Å². The van der Waals surface area contributed by atoms with Crippen molar-refractivity contribution >= 4 is 11.9 Å². The summed E-state index contributed by atoms with van der Waals surface area (Å²) in [6.07, 6.45) is 3.22. The van der Waals surface area contributed by atoms with Crippen LogP contribution in [-0.2, 0) is 33.9 Å². The lowest BCUT2D eigenvalue weighted by Gasteiger charge is -2.39. The third-order valence-electron chi connectivity index (χ3n) is 7.85. The number of nitrogens with zero attached hydrogens (tertiary/aromatic N) is 1. The van der Waals surface area contributed by atoms with Crippen LogP contribution in [0.2, 0.25) is 0 Å². The number of fused-ring (bicyclic) bond motifs is 1. The SMILES string of the molecule is Cc1ccc2c(c1OCc1ccccc1)CC(C(=O)O)N(C(=O)C(OC1(C)CCCC1)c1ccccc1)C2. The monoisotopic (exact) mass is 513 g/mol. The standard InChI is InChI=1S/C32H35NO5/c1-22-15-16-25-20-33(27(31(35)36)19-26(25)28(22)37-21-23-11-5-3-6-12-23)30(34)29(24-13-7-4-8-14-24)38-32(2)17-9-10-18-32/h3-8,11-16,27,29H,9-10,17-21H2,1-2H3,(H,35,36). The molecule has 38 heavy (non-hydrogen) atoms. The number of aliphatic carboxylic acids is 1. The molecule has 6 heteroatoms. The number of hydrogen-bond acceptors (Lipinski definition) is 4. The van der Waals surface area contributed by atoms with Crippen LogP contribution in [0, 0.1) is 6.92 Å². The zero-order chi connectivity index (χ0) is 26.7. The van der Waals surface area contributed by atoms with E-state index < -0.39 is 23.7 Å². The summed E-state index contributed by atoms with van der Waals surface area (Å²) in [6, 6.07) is 22.3. The van der Waals surface area contributed by atoms with Gasteiger partial charge in [0.05, 0.1) is 5.60 Å². The van der Waals surface area contributed by atoms with E-state index in [1.807, 2.05) is 79.7 Å². The van der Waals surface area contributed by atoms with Crippen LogP contribution in [0.15, 0.2) is 72.8 Å². The molecule has 5 rings (SSSR count). The molecule has 6 nitrogen and oxygen atoms in total. The number of carboxylic acid groups (broad SMARTS) is 1. The zero-order valence-corrected chi connectivity index (χ0v) is 22.1. The summed E-state index contributed by atoms with van der Waals surface area (Å²) in [4.78, 5) is 28.2. The molecular weight excluding hydrogens is 478 g/mol. The predicted molar refractivity (Wildman–Crippen MR) is 145 cm³/mol. The van der Waals surface area contributed by atoms with Crippen molar-refractivity contribution in [3.05, 3.63) is 101 Å². The number of ether oxygens (including phenoxy) is 2. The average molecular weight is 514 g/mol. The van der Waals surface area contributed by atoms with Crippen molar-refractivity contribution in [2.45, 2.75) is 76.9 Å². The number of amides is 1.